The predicted octanol–water partition coefficient (Wildman–Crippen LogP) is 2.69. The Morgan fingerprint density at radius 1 is 1.19 bits per heavy atom. The van der Waals surface area contributed by atoms with Gasteiger partial charge in [-0.2, -0.15) is 0 Å². The summed E-state index contributed by atoms with van der Waals surface area (Å²) >= 11 is 0. The Hall–Kier alpha value is -3.82. The van der Waals surface area contributed by atoms with E-state index in [4.69, 9.17) is 9.47 Å². The number of nitrogens with one attached hydrogen (secondary N) is 2. The van der Waals surface area contributed by atoms with Gasteiger partial charge in [0.05, 0.1) is 4.92 Å². The number of hydrogen-bond acceptors (Lipinski definition) is 6. The third-order valence-corrected chi connectivity index (χ3v) is 4.65. The van der Waals surface area contributed by atoms with E-state index in [9.17, 15) is 19.7 Å². The molecule has 10 nitrogen and oxygen atoms in total. The van der Waals surface area contributed by atoms with Gasteiger partial charge in [-0.05, 0) is 38.1 Å². The van der Waals surface area contributed by atoms with Crippen LogP contribution in [0.1, 0.15) is 13.8 Å². The van der Waals surface area contributed by atoms with Gasteiger partial charge in [0, 0.05) is 38.3 Å². The van der Waals surface area contributed by atoms with E-state index in [2.05, 4.69) is 10.6 Å². The van der Waals surface area contributed by atoms with Crippen molar-refractivity contribution in [1.82, 2.24) is 15.5 Å². The molecule has 1 fully saturated rings. The minimum Gasteiger partial charge on any atom is -0.474 e. The number of nitro groups is 1. The summed E-state index contributed by atoms with van der Waals surface area (Å²) < 4.78 is 11.7. The van der Waals surface area contributed by atoms with Crippen LogP contribution in [-0.4, -0.2) is 53.5 Å². The van der Waals surface area contributed by atoms with Crippen molar-refractivity contribution >= 4 is 17.6 Å². The maximum Gasteiger partial charge on any atom is 0.317 e. The average Bonchev–Trinajstić information content (AvgIpc) is 3.14. The molecule has 2 aromatic rings. The summed E-state index contributed by atoms with van der Waals surface area (Å²) in [6, 6.07) is 12.4. The standard InChI is InChI=1S/C21H24N4O6/c1-21(2,19(26)22-11-13-24-14-12-23-20(24)27)31-18-6-4-3-5-17(18)30-16-9-7-15(8-10-16)25(28)29/h3-10H,11-14H2,1-2H3,(H,22,26)(H,23,27). The Morgan fingerprint density at radius 2 is 1.87 bits per heavy atom. The molecule has 1 saturated heterocycles. The fraction of sp³-hybridized carbons (Fsp3) is 0.333. The normalized spacial score (nSPS) is 13.5. The molecule has 0 bridgehead atoms. The quantitative estimate of drug-likeness (QED) is 0.468. The maximum absolute atomic E-state index is 12.6. The van der Waals surface area contributed by atoms with Gasteiger partial charge in [-0.1, -0.05) is 12.1 Å². The summed E-state index contributed by atoms with van der Waals surface area (Å²) in [7, 11) is 0. The van der Waals surface area contributed by atoms with Gasteiger partial charge in [-0.3, -0.25) is 14.9 Å². The molecule has 0 saturated carbocycles. The number of carbonyl (C=O) groups excluding carboxylic acids is 2. The van der Waals surface area contributed by atoms with E-state index in [1.165, 1.54) is 24.3 Å². The van der Waals surface area contributed by atoms with Gasteiger partial charge in [0.1, 0.15) is 5.75 Å². The molecule has 0 aromatic heterocycles. The highest BCUT2D eigenvalue weighted by molar-refractivity contribution is 5.85. The maximum atomic E-state index is 12.6. The Balaban J connectivity index is 1.62. The number of nitro benzene ring substituents is 1. The van der Waals surface area contributed by atoms with Crippen LogP contribution in [0.3, 0.4) is 0 Å². The van der Waals surface area contributed by atoms with E-state index in [-0.39, 0.29) is 17.6 Å². The second-order valence-corrected chi connectivity index (χ2v) is 7.39. The number of para-hydroxylation sites is 2. The molecule has 0 unspecified atom stereocenters. The van der Waals surface area contributed by atoms with Crippen molar-refractivity contribution in [3.05, 3.63) is 58.6 Å². The number of non-ortho nitro benzene ring substituents is 1. The first-order valence-electron chi connectivity index (χ1n) is 9.78. The molecule has 3 rings (SSSR count). The number of carbonyl (C=O) groups is 2. The lowest BCUT2D eigenvalue weighted by molar-refractivity contribution is -0.384. The van der Waals surface area contributed by atoms with Crippen LogP contribution in [0.15, 0.2) is 48.5 Å². The van der Waals surface area contributed by atoms with Gasteiger partial charge in [0.25, 0.3) is 11.6 Å². The van der Waals surface area contributed by atoms with Gasteiger partial charge in [-0.15, -0.1) is 0 Å². The van der Waals surface area contributed by atoms with E-state index in [0.717, 1.165) is 0 Å². The second kappa shape index (κ2) is 9.33. The third kappa shape index (κ3) is 5.62. The summed E-state index contributed by atoms with van der Waals surface area (Å²) in [6.45, 7) is 5.20. The number of urea groups is 1. The first-order chi connectivity index (χ1) is 14.8. The lowest BCUT2D eigenvalue weighted by Crippen LogP contribution is -2.48. The van der Waals surface area contributed by atoms with Crippen LogP contribution in [0.4, 0.5) is 10.5 Å². The zero-order valence-corrected chi connectivity index (χ0v) is 17.3. The minimum absolute atomic E-state index is 0.0406. The van der Waals surface area contributed by atoms with E-state index < -0.39 is 10.5 Å². The Morgan fingerprint density at radius 3 is 2.48 bits per heavy atom. The van der Waals surface area contributed by atoms with Crippen LogP contribution in [0, 0.1) is 10.1 Å². The average molecular weight is 428 g/mol. The molecule has 2 N–H and O–H groups in total. The molecule has 1 aliphatic rings. The fourth-order valence-electron chi connectivity index (χ4n) is 2.94. The largest absolute Gasteiger partial charge is 0.474 e. The molecule has 0 spiro atoms. The van der Waals surface area contributed by atoms with Crippen molar-refractivity contribution in [2.75, 3.05) is 26.2 Å². The van der Waals surface area contributed by atoms with Crippen molar-refractivity contribution in [3.8, 4) is 17.2 Å². The number of amides is 3. The van der Waals surface area contributed by atoms with Crippen molar-refractivity contribution < 1.29 is 24.0 Å². The highest BCUT2D eigenvalue weighted by atomic mass is 16.6. The van der Waals surface area contributed by atoms with Crippen molar-refractivity contribution in [2.24, 2.45) is 0 Å². The molecular formula is C21H24N4O6. The lowest BCUT2D eigenvalue weighted by atomic mass is 10.1. The van der Waals surface area contributed by atoms with Crippen LogP contribution < -0.4 is 20.1 Å². The monoisotopic (exact) mass is 428 g/mol. The molecule has 10 heteroatoms. The lowest BCUT2D eigenvalue weighted by Gasteiger charge is -2.27. The van der Waals surface area contributed by atoms with E-state index in [1.807, 2.05) is 0 Å². The van der Waals surface area contributed by atoms with Crippen LogP contribution >= 0.6 is 0 Å². The number of nitrogens with zero attached hydrogens (tertiary/aromatic N) is 2. The molecule has 3 amide bonds. The Labute approximate surface area is 179 Å². The highest BCUT2D eigenvalue weighted by Gasteiger charge is 2.31. The molecule has 31 heavy (non-hydrogen) atoms. The topological polar surface area (TPSA) is 123 Å². The van der Waals surface area contributed by atoms with Gasteiger partial charge in [0.15, 0.2) is 17.1 Å². The number of rotatable bonds is 9. The molecule has 1 heterocycles. The number of benzene rings is 2. The number of ether oxygens (including phenoxy) is 2. The van der Waals surface area contributed by atoms with Crippen molar-refractivity contribution in [1.29, 1.82) is 0 Å². The summed E-state index contributed by atoms with van der Waals surface area (Å²) in [5, 5.41) is 16.3. The molecule has 0 atom stereocenters. The molecular weight excluding hydrogens is 404 g/mol. The van der Waals surface area contributed by atoms with E-state index in [0.29, 0.717) is 43.4 Å². The van der Waals surface area contributed by atoms with Gasteiger partial charge in [0.2, 0.25) is 0 Å². The summed E-state index contributed by atoms with van der Waals surface area (Å²) in [6.07, 6.45) is 0. The van der Waals surface area contributed by atoms with Gasteiger partial charge >= 0.3 is 6.03 Å². The molecule has 164 valence electrons. The number of hydrogen-bond donors (Lipinski definition) is 2. The smallest absolute Gasteiger partial charge is 0.317 e. The van der Waals surface area contributed by atoms with Gasteiger partial charge < -0.3 is 25.0 Å². The summed E-state index contributed by atoms with van der Waals surface area (Å²) in [5.74, 6) is 0.774. The van der Waals surface area contributed by atoms with Crippen molar-refractivity contribution in [3.63, 3.8) is 0 Å². The van der Waals surface area contributed by atoms with Crippen molar-refractivity contribution in [2.45, 2.75) is 19.4 Å². The predicted molar refractivity (Wildman–Crippen MR) is 112 cm³/mol. The SMILES string of the molecule is CC(C)(Oc1ccccc1Oc1ccc([N+](=O)[O-])cc1)C(=O)NCCN1CCNC1=O. The highest BCUT2D eigenvalue weighted by Crippen LogP contribution is 2.34. The van der Waals surface area contributed by atoms with E-state index >= 15 is 0 Å². The zero-order chi connectivity index (χ0) is 22.4. The van der Waals surface area contributed by atoms with Crippen LogP contribution in [0.2, 0.25) is 0 Å². The van der Waals surface area contributed by atoms with Crippen LogP contribution in [-0.2, 0) is 4.79 Å². The molecule has 0 radical (unpaired) electrons. The molecule has 1 aliphatic heterocycles. The van der Waals surface area contributed by atoms with Crippen LogP contribution in [0.25, 0.3) is 0 Å². The fourth-order valence-corrected chi connectivity index (χ4v) is 2.94. The zero-order valence-electron chi connectivity index (χ0n) is 17.3. The summed E-state index contributed by atoms with van der Waals surface area (Å²) in [4.78, 5) is 36.1. The van der Waals surface area contributed by atoms with Crippen LogP contribution in [0.5, 0.6) is 17.2 Å². The molecule has 2 aromatic carbocycles. The molecule has 0 aliphatic carbocycles. The van der Waals surface area contributed by atoms with E-state index in [1.54, 1.807) is 43.0 Å². The third-order valence-electron chi connectivity index (χ3n) is 4.65. The Bertz CT molecular complexity index is 961. The van der Waals surface area contributed by atoms with Gasteiger partial charge in [-0.25, -0.2) is 4.79 Å². The minimum atomic E-state index is -1.21. The summed E-state index contributed by atoms with van der Waals surface area (Å²) in [5.41, 5.74) is -1.25. The first-order valence-corrected chi connectivity index (χ1v) is 9.78. The first kappa shape index (κ1) is 21.9. The Kier molecular flexibility index (Phi) is 6.58. The second-order valence-electron chi connectivity index (χ2n) is 7.39.